The van der Waals surface area contributed by atoms with Crippen LogP contribution in [-0.4, -0.2) is 44.3 Å². The summed E-state index contributed by atoms with van der Waals surface area (Å²) in [4.78, 5) is 22.0. The van der Waals surface area contributed by atoms with Crippen LogP contribution in [0.4, 0.5) is 11.5 Å². The minimum atomic E-state index is -0.332. The highest BCUT2D eigenvalue weighted by atomic mass is 127. The maximum absolute atomic E-state index is 13.0. The van der Waals surface area contributed by atoms with Crippen molar-refractivity contribution in [1.29, 1.82) is 0 Å². The van der Waals surface area contributed by atoms with Crippen LogP contribution in [0.1, 0.15) is 41.6 Å². The van der Waals surface area contributed by atoms with E-state index in [0.717, 1.165) is 18.8 Å². The number of aromatic nitrogens is 3. The third-order valence-corrected chi connectivity index (χ3v) is 6.87. The Balaban J connectivity index is 1.55. The number of fused-ring (bicyclic) bond motifs is 1. The minimum Gasteiger partial charge on any atom is -0.496 e. The number of anilines is 2. The number of alkyl halides is 1. The molecule has 1 amide bonds. The molecule has 1 aliphatic carbocycles. The molecule has 0 radical (unpaired) electrons. The fourth-order valence-corrected chi connectivity index (χ4v) is 4.68. The monoisotopic (exact) mass is 532 g/mol. The summed E-state index contributed by atoms with van der Waals surface area (Å²) in [5.74, 6) is 1.35. The molecule has 4 rings (SSSR count). The molecule has 0 bridgehead atoms. The van der Waals surface area contributed by atoms with Gasteiger partial charge in [0.15, 0.2) is 11.5 Å². The van der Waals surface area contributed by atoms with Crippen LogP contribution in [-0.2, 0) is 0 Å². The number of rotatable bonds is 6. The van der Waals surface area contributed by atoms with E-state index >= 15 is 0 Å². The molecule has 3 aromatic rings. The molecule has 1 aromatic carbocycles. The van der Waals surface area contributed by atoms with Gasteiger partial charge in [-0.05, 0) is 49.8 Å². The molecule has 2 heterocycles. The van der Waals surface area contributed by atoms with Crippen LogP contribution >= 0.6 is 22.6 Å². The number of methoxy groups -OCH3 is 1. The van der Waals surface area contributed by atoms with Crippen molar-refractivity contribution in [3.8, 4) is 5.75 Å². The van der Waals surface area contributed by atoms with Crippen LogP contribution in [0.15, 0.2) is 41.7 Å². The first-order chi connectivity index (χ1) is 15.1. The van der Waals surface area contributed by atoms with Crippen LogP contribution < -0.4 is 15.8 Å². The molecule has 162 valence electrons. The van der Waals surface area contributed by atoms with Crippen LogP contribution in [0, 0.1) is 5.92 Å². The van der Waals surface area contributed by atoms with Gasteiger partial charge in [-0.15, -0.1) is 0 Å². The fourth-order valence-electron chi connectivity index (χ4n) is 3.80. The van der Waals surface area contributed by atoms with E-state index in [9.17, 15) is 4.79 Å². The molecule has 1 fully saturated rings. The Bertz CT molecular complexity index is 1100. The number of carbonyl (C=O) groups excluding carboxylic acids is 1. The summed E-state index contributed by atoms with van der Waals surface area (Å²) in [7, 11) is 1.51. The number of imidazole rings is 1. The number of nitrogen functional groups attached to an aromatic ring is 1. The molecule has 31 heavy (non-hydrogen) atoms. The molecule has 2 aromatic heterocycles. The number of amides is 1. The molecule has 0 aliphatic heterocycles. The molecular formula is C22H25IN6O2. The van der Waals surface area contributed by atoms with Crippen molar-refractivity contribution in [2.24, 2.45) is 10.9 Å². The quantitative estimate of drug-likeness (QED) is 0.216. The molecule has 9 heteroatoms. The topological polar surface area (TPSA) is 107 Å². The molecule has 1 saturated carbocycles. The first-order valence-electron chi connectivity index (χ1n) is 10.3. The highest BCUT2D eigenvalue weighted by Crippen LogP contribution is 2.29. The lowest BCUT2D eigenvalue weighted by Crippen LogP contribution is -2.18. The maximum Gasteiger partial charge on any atom is 0.260 e. The lowest BCUT2D eigenvalue weighted by Gasteiger charge is -2.24. The van der Waals surface area contributed by atoms with Crippen molar-refractivity contribution >= 4 is 51.9 Å². The molecule has 0 spiro atoms. The smallest absolute Gasteiger partial charge is 0.260 e. The number of hydrogen-bond donors (Lipinski definition) is 2. The summed E-state index contributed by atoms with van der Waals surface area (Å²) in [5, 5.41) is 7.07. The predicted octanol–water partition coefficient (Wildman–Crippen LogP) is 3.99. The second-order valence-electron chi connectivity index (χ2n) is 7.68. The summed E-state index contributed by atoms with van der Waals surface area (Å²) < 4.78 is 8.18. The highest BCUT2D eigenvalue weighted by Gasteiger charge is 2.20. The van der Waals surface area contributed by atoms with Crippen LogP contribution in [0.25, 0.3) is 5.65 Å². The highest BCUT2D eigenvalue weighted by molar-refractivity contribution is 14.1. The van der Waals surface area contributed by atoms with Gasteiger partial charge in [0.25, 0.3) is 5.91 Å². The SMILES string of the molecule is COc1cc(N)c(C=NC2CCC(CI)CC2)cc1C(=O)Nc1cnc2cccnn12. The van der Waals surface area contributed by atoms with Crippen molar-refractivity contribution in [3.63, 3.8) is 0 Å². The number of nitrogens with two attached hydrogens (primary N) is 1. The fraction of sp³-hybridized carbons (Fsp3) is 0.364. The summed E-state index contributed by atoms with van der Waals surface area (Å²) in [6.07, 6.45) is 9.60. The average Bonchev–Trinajstić information content (AvgIpc) is 3.21. The number of nitrogens with one attached hydrogen (secondary N) is 1. The molecule has 1 aliphatic rings. The van der Waals surface area contributed by atoms with Gasteiger partial charge in [-0.3, -0.25) is 9.79 Å². The third-order valence-electron chi connectivity index (χ3n) is 5.63. The van der Waals surface area contributed by atoms with Gasteiger partial charge < -0.3 is 15.8 Å². The van der Waals surface area contributed by atoms with E-state index in [1.807, 2.05) is 6.07 Å². The Kier molecular flexibility index (Phi) is 6.69. The zero-order chi connectivity index (χ0) is 21.8. The van der Waals surface area contributed by atoms with Gasteiger partial charge in [0.2, 0.25) is 0 Å². The number of benzene rings is 1. The van der Waals surface area contributed by atoms with Gasteiger partial charge in [0.05, 0.1) is 18.9 Å². The van der Waals surface area contributed by atoms with Crippen molar-refractivity contribution in [1.82, 2.24) is 14.6 Å². The summed E-state index contributed by atoms with van der Waals surface area (Å²) >= 11 is 2.46. The van der Waals surface area contributed by atoms with Gasteiger partial charge in [-0.25, -0.2) is 4.98 Å². The third kappa shape index (κ3) is 4.81. The Morgan fingerprint density at radius 2 is 2.19 bits per heavy atom. The van der Waals surface area contributed by atoms with E-state index in [1.165, 1.54) is 24.4 Å². The first kappa shape index (κ1) is 21.5. The van der Waals surface area contributed by atoms with E-state index in [1.54, 1.807) is 41.3 Å². The van der Waals surface area contributed by atoms with Gasteiger partial charge >= 0.3 is 0 Å². The summed E-state index contributed by atoms with van der Waals surface area (Å²) in [6.45, 7) is 0. The molecule has 0 atom stereocenters. The normalized spacial score (nSPS) is 19.0. The molecule has 3 N–H and O–H groups in total. The minimum absolute atomic E-state index is 0.308. The maximum atomic E-state index is 13.0. The van der Waals surface area contributed by atoms with Crippen molar-refractivity contribution in [2.45, 2.75) is 31.7 Å². The molecular weight excluding hydrogens is 507 g/mol. The van der Waals surface area contributed by atoms with Gasteiger partial charge in [0, 0.05) is 40.2 Å². The van der Waals surface area contributed by atoms with E-state index in [0.29, 0.717) is 40.1 Å². The number of ether oxygens (including phenoxy) is 1. The Labute approximate surface area is 194 Å². The molecule has 0 unspecified atom stereocenters. The Hall–Kier alpha value is -2.69. The van der Waals surface area contributed by atoms with Gasteiger partial charge in [-0.1, -0.05) is 22.6 Å². The lowest BCUT2D eigenvalue weighted by atomic mass is 9.88. The van der Waals surface area contributed by atoms with Crippen LogP contribution in [0.5, 0.6) is 5.75 Å². The average molecular weight is 532 g/mol. The summed E-state index contributed by atoms with van der Waals surface area (Å²) in [5.41, 5.74) is 8.46. The Morgan fingerprint density at radius 3 is 2.94 bits per heavy atom. The van der Waals surface area contributed by atoms with E-state index < -0.39 is 0 Å². The number of nitrogens with zero attached hydrogens (tertiary/aromatic N) is 4. The van der Waals surface area contributed by atoms with Gasteiger partial charge in [0.1, 0.15) is 5.75 Å². The lowest BCUT2D eigenvalue weighted by molar-refractivity contribution is 0.102. The van der Waals surface area contributed by atoms with Gasteiger partial charge in [-0.2, -0.15) is 9.61 Å². The number of aliphatic imine (C=N–C) groups is 1. The number of carbonyl (C=O) groups is 1. The number of hydrogen-bond acceptors (Lipinski definition) is 6. The largest absolute Gasteiger partial charge is 0.496 e. The second kappa shape index (κ2) is 9.63. The standard InChI is InChI=1S/C22H25IN6O2/c1-31-19-10-18(24)15(12-25-16-6-4-14(11-23)5-7-16)9-17(19)22(30)28-21-13-26-20-3-2-8-27-29(20)21/h2-3,8-10,12-14,16H,4-7,11,24H2,1H3,(H,28,30). The van der Waals surface area contributed by atoms with E-state index in [4.69, 9.17) is 15.5 Å². The zero-order valence-corrected chi connectivity index (χ0v) is 19.4. The van der Waals surface area contributed by atoms with Crippen molar-refractivity contribution in [3.05, 3.63) is 47.8 Å². The molecule has 8 nitrogen and oxygen atoms in total. The first-order valence-corrected chi connectivity index (χ1v) is 11.8. The number of halogens is 1. The predicted molar refractivity (Wildman–Crippen MR) is 131 cm³/mol. The van der Waals surface area contributed by atoms with Crippen LogP contribution in [0.3, 0.4) is 0 Å². The second-order valence-corrected chi connectivity index (χ2v) is 8.56. The van der Waals surface area contributed by atoms with Crippen molar-refractivity contribution in [2.75, 3.05) is 22.6 Å². The van der Waals surface area contributed by atoms with Crippen LogP contribution in [0.2, 0.25) is 0 Å². The van der Waals surface area contributed by atoms with Crippen molar-refractivity contribution < 1.29 is 9.53 Å². The zero-order valence-electron chi connectivity index (χ0n) is 17.3. The van der Waals surface area contributed by atoms with E-state index in [-0.39, 0.29) is 5.91 Å². The van der Waals surface area contributed by atoms with E-state index in [2.05, 4.69) is 38.0 Å². The summed E-state index contributed by atoms with van der Waals surface area (Å²) in [6, 6.07) is 7.30. The molecule has 0 saturated heterocycles. The Morgan fingerprint density at radius 1 is 1.39 bits per heavy atom.